The molecule has 0 N–H and O–H groups in total. The summed E-state index contributed by atoms with van der Waals surface area (Å²) in [6.07, 6.45) is 2.95. The quantitative estimate of drug-likeness (QED) is 0.496. The van der Waals surface area contributed by atoms with Gasteiger partial charge in [-0.05, 0) is 25.5 Å². The Hall–Kier alpha value is 0.0200. The van der Waals surface area contributed by atoms with Gasteiger partial charge in [-0.25, -0.2) is 0 Å². The first kappa shape index (κ1) is 11.0. The van der Waals surface area contributed by atoms with Gasteiger partial charge in [0, 0.05) is 5.25 Å². The van der Waals surface area contributed by atoms with Crippen LogP contribution in [0.2, 0.25) is 0 Å². The minimum absolute atomic E-state index is 0.392. The largest absolute Gasteiger partial charge is 0.293 e. The number of hydrogen-bond donors (Lipinski definition) is 1. The van der Waals surface area contributed by atoms with Crippen LogP contribution in [0.3, 0.4) is 0 Å². The summed E-state index contributed by atoms with van der Waals surface area (Å²) < 4.78 is 0. The summed E-state index contributed by atoms with van der Waals surface area (Å²) in [5.41, 5.74) is 0. The van der Waals surface area contributed by atoms with Crippen LogP contribution in [-0.2, 0) is 0 Å². The summed E-state index contributed by atoms with van der Waals surface area (Å²) >= 11 is 4.52. The Labute approximate surface area is 75.7 Å². The van der Waals surface area contributed by atoms with Crippen LogP contribution in [0, 0.1) is 5.92 Å². The summed E-state index contributed by atoms with van der Waals surface area (Å²) in [5, 5.41) is 0.399. The van der Waals surface area contributed by atoms with Crippen LogP contribution in [0.5, 0.6) is 0 Å². The fraction of sp³-hybridized carbons (Fsp3) is 0.889. The summed E-state index contributed by atoms with van der Waals surface area (Å²) in [4.78, 5) is 4.36. The molecule has 66 valence electrons. The van der Waals surface area contributed by atoms with Crippen LogP contribution in [0.4, 0.5) is 0 Å². The fourth-order valence-corrected chi connectivity index (χ4v) is 1.36. The Bertz CT molecular complexity index is 121. The van der Waals surface area contributed by atoms with Crippen molar-refractivity contribution >= 4 is 18.8 Å². The van der Waals surface area contributed by atoms with Gasteiger partial charge >= 0.3 is 0 Å². The number of hydrogen-bond acceptors (Lipinski definition) is 2. The van der Waals surface area contributed by atoms with Crippen LogP contribution < -0.4 is 0 Å². The first-order valence-corrected chi connectivity index (χ1v) is 4.81. The van der Waals surface area contributed by atoms with Crippen molar-refractivity contribution in [3.63, 3.8) is 0 Å². The molecule has 0 aromatic heterocycles. The SMILES string of the molecule is C/C=N\C(CC)C(S)C(C)C. The van der Waals surface area contributed by atoms with Gasteiger partial charge in [-0.2, -0.15) is 12.6 Å². The molecule has 0 radical (unpaired) electrons. The monoisotopic (exact) mass is 173 g/mol. The second-order valence-corrected chi connectivity index (χ2v) is 3.71. The summed E-state index contributed by atoms with van der Waals surface area (Å²) in [5.74, 6) is 0.604. The first-order valence-electron chi connectivity index (χ1n) is 4.29. The van der Waals surface area contributed by atoms with Crippen molar-refractivity contribution in [2.24, 2.45) is 10.9 Å². The van der Waals surface area contributed by atoms with E-state index in [9.17, 15) is 0 Å². The van der Waals surface area contributed by atoms with Crippen molar-refractivity contribution in [1.29, 1.82) is 0 Å². The van der Waals surface area contributed by atoms with E-state index < -0.39 is 0 Å². The van der Waals surface area contributed by atoms with Crippen molar-refractivity contribution in [2.75, 3.05) is 0 Å². The molecule has 0 spiro atoms. The Morgan fingerprint density at radius 3 is 2.27 bits per heavy atom. The van der Waals surface area contributed by atoms with Crippen molar-refractivity contribution in [2.45, 2.75) is 45.4 Å². The molecule has 0 fully saturated rings. The number of aliphatic imine (C=N–C) groups is 1. The van der Waals surface area contributed by atoms with Gasteiger partial charge < -0.3 is 0 Å². The van der Waals surface area contributed by atoms with Crippen molar-refractivity contribution in [1.82, 2.24) is 0 Å². The highest BCUT2D eigenvalue weighted by Gasteiger charge is 2.17. The molecule has 0 aromatic rings. The average Bonchev–Trinajstić information content (AvgIpc) is 1.98. The molecule has 2 atom stereocenters. The van der Waals surface area contributed by atoms with E-state index in [1.54, 1.807) is 0 Å². The minimum atomic E-state index is 0.392. The molecule has 0 saturated heterocycles. The van der Waals surface area contributed by atoms with Gasteiger partial charge in [0.1, 0.15) is 0 Å². The lowest BCUT2D eigenvalue weighted by Crippen LogP contribution is -2.23. The van der Waals surface area contributed by atoms with Gasteiger partial charge in [0.25, 0.3) is 0 Å². The molecular weight excluding hydrogens is 154 g/mol. The zero-order valence-corrected chi connectivity index (χ0v) is 8.81. The summed E-state index contributed by atoms with van der Waals surface area (Å²) in [6.45, 7) is 8.49. The molecule has 0 heterocycles. The maximum Gasteiger partial charge on any atom is 0.0611 e. The zero-order chi connectivity index (χ0) is 8.85. The number of thiol groups is 1. The predicted octanol–water partition coefficient (Wildman–Crippen LogP) is 2.81. The van der Waals surface area contributed by atoms with Crippen LogP contribution in [0.15, 0.2) is 4.99 Å². The molecule has 0 aliphatic rings. The highest BCUT2D eigenvalue weighted by atomic mass is 32.1. The lowest BCUT2D eigenvalue weighted by molar-refractivity contribution is 0.508. The van der Waals surface area contributed by atoms with Crippen molar-refractivity contribution in [3.8, 4) is 0 Å². The Morgan fingerprint density at radius 1 is 1.45 bits per heavy atom. The van der Waals surface area contributed by atoms with E-state index >= 15 is 0 Å². The second kappa shape index (κ2) is 5.64. The molecule has 0 rings (SSSR count). The maximum atomic E-state index is 4.52. The van der Waals surface area contributed by atoms with Crippen molar-refractivity contribution < 1.29 is 0 Å². The topological polar surface area (TPSA) is 12.4 Å². The molecule has 0 bridgehead atoms. The van der Waals surface area contributed by atoms with E-state index in [1.165, 1.54) is 0 Å². The minimum Gasteiger partial charge on any atom is -0.293 e. The second-order valence-electron chi connectivity index (χ2n) is 3.12. The summed E-state index contributed by atoms with van der Waals surface area (Å²) in [6, 6.07) is 0.392. The predicted molar refractivity (Wildman–Crippen MR) is 55.9 cm³/mol. The molecule has 0 aliphatic carbocycles. The molecule has 1 nitrogen and oxygen atoms in total. The molecule has 0 amide bonds. The molecule has 0 saturated carbocycles. The third-order valence-corrected chi connectivity index (χ3v) is 2.78. The van der Waals surface area contributed by atoms with Gasteiger partial charge in [0.2, 0.25) is 0 Å². The van der Waals surface area contributed by atoms with Gasteiger partial charge in [-0.3, -0.25) is 4.99 Å². The Morgan fingerprint density at radius 2 is 2.00 bits per heavy atom. The Balaban J connectivity index is 4.02. The number of rotatable bonds is 4. The van der Waals surface area contributed by atoms with Crippen molar-refractivity contribution in [3.05, 3.63) is 0 Å². The molecule has 0 aromatic carbocycles. The highest BCUT2D eigenvalue weighted by molar-refractivity contribution is 7.81. The first-order chi connectivity index (χ1) is 5.13. The van der Waals surface area contributed by atoms with E-state index in [4.69, 9.17) is 0 Å². The van der Waals surface area contributed by atoms with E-state index in [0.29, 0.717) is 17.2 Å². The van der Waals surface area contributed by atoms with E-state index in [-0.39, 0.29) is 0 Å². The van der Waals surface area contributed by atoms with Crippen LogP contribution in [-0.4, -0.2) is 17.5 Å². The molecular formula is C9H19NS. The number of nitrogens with zero attached hydrogens (tertiary/aromatic N) is 1. The highest BCUT2D eigenvalue weighted by Crippen LogP contribution is 2.18. The molecule has 11 heavy (non-hydrogen) atoms. The van der Waals surface area contributed by atoms with Gasteiger partial charge in [0.05, 0.1) is 6.04 Å². The third kappa shape index (κ3) is 3.80. The third-order valence-electron chi connectivity index (χ3n) is 1.84. The van der Waals surface area contributed by atoms with E-state index in [2.05, 4.69) is 38.4 Å². The normalized spacial score (nSPS) is 17.6. The lowest BCUT2D eigenvalue weighted by Gasteiger charge is -2.21. The van der Waals surface area contributed by atoms with Crippen LogP contribution in [0.1, 0.15) is 34.1 Å². The summed E-state index contributed by atoms with van der Waals surface area (Å²) in [7, 11) is 0. The standard InChI is InChI=1S/C9H19NS/c1-5-8(10-6-2)9(11)7(3)4/h6-9,11H,5H2,1-4H3/b10-6-. The molecule has 2 unspecified atom stereocenters. The average molecular weight is 173 g/mol. The Kier molecular flexibility index (Phi) is 5.65. The molecule has 2 heteroatoms. The lowest BCUT2D eigenvalue weighted by atomic mass is 10.0. The van der Waals surface area contributed by atoms with Gasteiger partial charge in [-0.15, -0.1) is 0 Å². The van der Waals surface area contributed by atoms with Crippen LogP contribution >= 0.6 is 12.6 Å². The van der Waals surface area contributed by atoms with E-state index in [1.807, 2.05) is 13.1 Å². The maximum absolute atomic E-state index is 4.52. The molecule has 0 aliphatic heterocycles. The van der Waals surface area contributed by atoms with E-state index in [0.717, 1.165) is 6.42 Å². The zero-order valence-electron chi connectivity index (χ0n) is 7.91. The van der Waals surface area contributed by atoms with Gasteiger partial charge in [0.15, 0.2) is 0 Å². The van der Waals surface area contributed by atoms with Gasteiger partial charge in [-0.1, -0.05) is 20.8 Å². The smallest absolute Gasteiger partial charge is 0.0611 e. The van der Waals surface area contributed by atoms with Crippen LogP contribution in [0.25, 0.3) is 0 Å². The fourth-order valence-electron chi connectivity index (χ4n) is 1.07.